The standard InChI is InChI=1S/C44H52ClN3O8S3/c1-43(2)36-14-6-8-16-38(36)47(28-10-12-30-57-56-55-49)40(43)26-20-32-18-19-33(42(32)46(5)59(53,54)35-24-22-34(45)23-25-35)21-27-41-44(3,4)37-15-7-9-17-39(37)48(41)29-11-13-31-58(50,51)52/h6-9,14-17,20-27H,10-13,18-19,28-31H2,1-5H3,(H-,49,50,51,52)/p-1. The number of allylic oxidation sites excluding steroid dienone is 8. The van der Waals surface area contributed by atoms with E-state index in [1.807, 2.05) is 36.4 Å². The van der Waals surface area contributed by atoms with E-state index in [0.29, 0.717) is 42.3 Å². The molecule has 3 aromatic rings. The van der Waals surface area contributed by atoms with Gasteiger partial charge < -0.3 is 19.6 Å². The number of sulfonamides is 1. The molecule has 2 heterocycles. The van der Waals surface area contributed by atoms with Gasteiger partial charge in [-0.2, -0.15) is 12.8 Å². The molecule has 0 bridgehead atoms. The van der Waals surface area contributed by atoms with Gasteiger partial charge in [0.1, 0.15) is 4.90 Å². The van der Waals surface area contributed by atoms with Crippen molar-refractivity contribution in [2.75, 3.05) is 41.4 Å². The first kappa shape index (κ1) is 44.8. The summed E-state index contributed by atoms with van der Waals surface area (Å²) in [7, 11) is -6.73. The minimum absolute atomic E-state index is 0.127. The lowest BCUT2D eigenvalue weighted by Gasteiger charge is -2.27. The number of halogens is 1. The summed E-state index contributed by atoms with van der Waals surface area (Å²) in [5.41, 5.74) is 8.14. The van der Waals surface area contributed by atoms with Crippen LogP contribution in [0.5, 0.6) is 0 Å². The normalized spacial score (nSPS) is 20.9. The van der Waals surface area contributed by atoms with Crippen LogP contribution in [0.2, 0.25) is 5.02 Å². The predicted molar refractivity (Wildman–Crippen MR) is 233 cm³/mol. The van der Waals surface area contributed by atoms with Gasteiger partial charge in [0.15, 0.2) is 7.05 Å². The molecule has 0 saturated heterocycles. The number of nitrogens with zero attached hydrogens (tertiary/aromatic N) is 3. The lowest BCUT2D eigenvalue weighted by Crippen LogP contribution is -2.28. The van der Waals surface area contributed by atoms with Crippen molar-refractivity contribution in [1.82, 2.24) is 0 Å². The second kappa shape index (κ2) is 18.5. The second-order valence-electron chi connectivity index (χ2n) is 16.0. The average molecular weight is 882 g/mol. The minimum Gasteiger partial charge on any atom is -0.748 e. The molecule has 3 aromatic carbocycles. The topological polar surface area (TPSA) is 142 Å². The molecule has 59 heavy (non-hydrogen) atoms. The maximum atomic E-state index is 14.3. The third-order valence-electron chi connectivity index (χ3n) is 11.5. The van der Waals surface area contributed by atoms with Crippen LogP contribution < -0.4 is 15.1 Å². The van der Waals surface area contributed by atoms with E-state index in [-0.39, 0.29) is 16.7 Å². The summed E-state index contributed by atoms with van der Waals surface area (Å²) in [6.07, 6.45) is 11.9. The molecule has 0 aromatic heterocycles. The molecule has 0 radical (unpaired) electrons. The molecular weight excluding hydrogens is 830 g/mol. The molecule has 0 amide bonds. The van der Waals surface area contributed by atoms with Crippen LogP contribution in [0.25, 0.3) is 0 Å². The molecule has 316 valence electrons. The summed E-state index contributed by atoms with van der Waals surface area (Å²) in [4.78, 5) is 4.64. The van der Waals surface area contributed by atoms with Gasteiger partial charge in [0, 0.05) is 86.4 Å². The van der Waals surface area contributed by atoms with E-state index < -0.39 is 31.3 Å². The summed E-state index contributed by atoms with van der Waals surface area (Å²) in [5, 5.41) is 14.2. The van der Waals surface area contributed by atoms with Gasteiger partial charge in [-0.25, -0.2) is 8.42 Å². The highest BCUT2D eigenvalue weighted by atomic mass is 35.5. The van der Waals surface area contributed by atoms with Crippen molar-refractivity contribution in [2.45, 2.75) is 81.9 Å². The van der Waals surface area contributed by atoms with Crippen molar-refractivity contribution in [3.05, 3.63) is 136 Å². The smallest absolute Gasteiger partial charge is 0.395 e. The Labute approximate surface area is 358 Å². The fourth-order valence-electron chi connectivity index (χ4n) is 8.48. The first-order chi connectivity index (χ1) is 28.0. The molecule has 0 unspecified atom stereocenters. The van der Waals surface area contributed by atoms with Crippen LogP contribution in [0.3, 0.4) is 0 Å². The first-order valence-corrected chi connectivity index (χ1v) is 24.0. The van der Waals surface area contributed by atoms with E-state index >= 15 is 0 Å². The highest BCUT2D eigenvalue weighted by Gasteiger charge is 2.42. The summed E-state index contributed by atoms with van der Waals surface area (Å²) in [5.74, 6) is 0.191. The zero-order chi connectivity index (χ0) is 42.6. The fraction of sp³-hybridized carbons (Fsp3) is 0.386. The molecule has 1 saturated carbocycles. The van der Waals surface area contributed by atoms with E-state index in [9.17, 15) is 26.6 Å². The van der Waals surface area contributed by atoms with Crippen LogP contribution in [0, 0.1) is 0 Å². The SMILES string of the molecule is C\[N+](=C1C(=C/C=C2/N(CCCCSOO[O-])c3ccccc3C2(C)C)CCC/1=C\C=C1\N(CCCCS(=O)(=O)[O-])c2ccccc2C1(C)C)S(=O)(=O)c1ccc(Cl)cc1. The molecule has 1 fully saturated rings. The molecule has 0 spiro atoms. The van der Waals surface area contributed by atoms with Crippen molar-refractivity contribution < 1.29 is 40.0 Å². The molecule has 11 nitrogen and oxygen atoms in total. The number of anilines is 2. The van der Waals surface area contributed by atoms with Crippen LogP contribution in [0.1, 0.15) is 77.3 Å². The zero-order valence-electron chi connectivity index (χ0n) is 34.0. The summed E-state index contributed by atoms with van der Waals surface area (Å²) < 4.78 is 68.6. The van der Waals surface area contributed by atoms with Crippen LogP contribution in [-0.2, 0) is 40.3 Å². The minimum atomic E-state index is -4.32. The molecular formula is C44H51ClN3O8S3-. The van der Waals surface area contributed by atoms with Crippen molar-refractivity contribution in [2.24, 2.45) is 0 Å². The Bertz CT molecular complexity index is 2420. The Morgan fingerprint density at radius 3 is 1.73 bits per heavy atom. The molecule has 1 aliphatic carbocycles. The molecule has 2 aliphatic heterocycles. The Morgan fingerprint density at radius 1 is 0.746 bits per heavy atom. The Kier molecular flexibility index (Phi) is 14.0. The number of benzene rings is 3. The fourth-order valence-corrected chi connectivity index (χ4v) is 10.9. The third kappa shape index (κ3) is 9.76. The zero-order valence-corrected chi connectivity index (χ0v) is 37.2. The number of hydrogen-bond acceptors (Lipinski definition) is 11. The van der Waals surface area contributed by atoms with Crippen molar-refractivity contribution in [3.63, 3.8) is 0 Å². The Balaban J connectivity index is 1.43. The predicted octanol–water partition coefficient (Wildman–Crippen LogP) is 8.10. The Morgan fingerprint density at radius 2 is 1.24 bits per heavy atom. The maximum absolute atomic E-state index is 14.3. The molecule has 6 rings (SSSR count). The van der Waals surface area contributed by atoms with E-state index in [1.165, 1.54) is 21.7 Å². The Hall–Kier alpha value is -3.73. The van der Waals surface area contributed by atoms with Gasteiger partial charge in [-0.1, -0.05) is 87.8 Å². The third-order valence-corrected chi connectivity index (χ3v) is 14.9. The highest BCUT2D eigenvalue weighted by Crippen LogP contribution is 2.49. The van der Waals surface area contributed by atoms with Crippen LogP contribution in [0.4, 0.5) is 11.4 Å². The molecule has 3 aliphatic rings. The molecule has 0 N–H and O–H groups in total. The largest absolute Gasteiger partial charge is 0.748 e. The van der Waals surface area contributed by atoms with Gasteiger partial charge in [-0.3, -0.25) is 5.04 Å². The number of unbranched alkanes of at least 4 members (excludes halogenated alkanes) is 2. The van der Waals surface area contributed by atoms with Gasteiger partial charge in [0.05, 0.1) is 10.1 Å². The van der Waals surface area contributed by atoms with Crippen LogP contribution >= 0.6 is 23.6 Å². The van der Waals surface area contributed by atoms with Crippen LogP contribution in [-0.4, -0.2) is 62.7 Å². The van der Waals surface area contributed by atoms with Gasteiger partial charge in [0.2, 0.25) is 5.71 Å². The van der Waals surface area contributed by atoms with Crippen molar-refractivity contribution >= 4 is 60.9 Å². The lowest BCUT2D eigenvalue weighted by atomic mass is 9.83. The highest BCUT2D eigenvalue weighted by molar-refractivity contribution is 7.94. The molecule has 0 atom stereocenters. The van der Waals surface area contributed by atoms with Gasteiger partial charge in [0.25, 0.3) is 0 Å². The summed E-state index contributed by atoms with van der Waals surface area (Å²) in [6, 6.07) is 22.7. The quantitative estimate of drug-likeness (QED) is 0.0344. The second-order valence-corrected chi connectivity index (χ2v) is 20.7. The van der Waals surface area contributed by atoms with E-state index in [1.54, 1.807) is 19.2 Å². The van der Waals surface area contributed by atoms with Gasteiger partial charge in [-0.05, 0) is 98.2 Å². The average Bonchev–Trinajstić information content (AvgIpc) is 3.77. The monoisotopic (exact) mass is 880 g/mol. The van der Waals surface area contributed by atoms with E-state index in [4.69, 9.17) is 11.6 Å². The lowest BCUT2D eigenvalue weighted by molar-refractivity contribution is -0.777. The number of rotatable bonds is 16. The molecule has 15 heteroatoms. The number of para-hydroxylation sites is 2. The van der Waals surface area contributed by atoms with Crippen LogP contribution in [0.15, 0.2) is 125 Å². The van der Waals surface area contributed by atoms with Crippen molar-refractivity contribution in [1.29, 1.82) is 0 Å². The maximum Gasteiger partial charge on any atom is 0.395 e. The van der Waals surface area contributed by atoms with E-state index in [2.05, 4.69) is 83.3 Å². The summed E-state index contributed by atoms with van der Waals surface area (Å²) >= 11 is 7.15. The summed E-state index contributed by atoms with van der Waals surface area (Å²) in [6.45, 7) is 9.94. The van der Waals surface area contributed by atoms with Crippen molar-refractivity contribution in [3.8, 4) is 0 Å². The van der Waals surface area contributed by atoms with E-state index in [0.717, 1.165) is 70.9 Å². The van der Waals surface area contributed by atoms with Gasteiger partial charge in [-0.15, -0.1) is 3.98 Å². The van der Waals surface area contributed by atoms with Gasteiger partial charge >= 0.3 is 10.0 Å². The number of fused-ring (bicyclic) bond motifs is 2. The number of hydrogen-bond donors (Lipinski definition) is 0. The first-order valence-electron chi connectivity index (χ1n) is 19.7.